The molecule has 3 heterocycles. The number of amidine groups is 1. The number of carbonyl (C=O) groups is 1. The molecule has 1 atom stereocenters. The van der Waals surface area contributed by atoms with Crippen molar-refractivity contribution in [3.05, 3.63) is 60.0 Å². The molecule has 0 aliphatic carbocycles. The van der Waals surface area contributed by atoms with Crippen LogP contribution < -0.4 is 10.0 Å². The summed E-state index contributed by atoms with van der Waals surface area (Å²) in [5, 5.41) is 11.2. The zero-order valence-corrected chi connectivity index (χ0v) is 18.0. The minimum Gasteiger partial charge on any atom is -0.354 e. The minimum atomic E-state index is -3.64. The van der Waals surface area contributed by atoms with Crippen molar-refractivity contribution in [2.24, 2.45) is 4.99 Å². The van der Waals surface area contributed by atoms with E-state index >= 15 is 0 Å². The maximum absolute atomic E-state index is 12.9. The van der Waals surface area contributed by atoms with E-state index in [0.717, 1.165) is 24.3 Å². The number of amides is 1. The molecule has 0 saturated heterocycles. The van der Waals surface area contributed by atoms with Crippen molar-refractivity contribution >= 4 is 27.4 Å². The van der Waals surface area contributed by atoms with Gasteiger partial charge in [-0.15, -0.1) is 10.2 Å². The van der Waals surface area contributed by atoms with E-state index in [1.165, 1.54) is 6.07 Å². The van der Waals surface area contributed by atoms with Crippen LogP contribution in [0.1, 0.15) is 37.6 Å². The smallest absolute Gasteiger partial charge is 0.263 e. The molecule has 3 aromatic rings. The number of hydrogen-bond donors (Lipinski definition) is 2. The molecule has 1 aliphatic heterocycles. The van der Waals surface area contributed by atoms with Gasteiger partial charge in [0.05, 0.1) is 4.90 Å². The second kappa shape index (κ2) is 8.84. The molecule has 0 unspecified atom stereocenters. The second-order valence-electron chi connectivity index (χ2n) is 7.32. The molecule has 0 spiro atoms. The Morgan fingerprint density at radius 1 is 1.19 bits per heavy atom. The van der Waals surface area contributed by atoms with Crippen LogP contribution in [-0.4, -0.2) is 47.3 Å². The number of aromatic nitrogens is 3. The molecule has 0 radical (unpaired) electrons. The Morgan fingerprint density at radius 3 is 2.84 bits per heavy atom. The van der Waals surface area contributed by atoms with Crippen LogP contribution in [0.15, 0.2) is 58.5 Å². The maximum Gasteiger partial charge on any atom is 0.263 e. The van der Waals surface area contributed by atoms with E-state index in [0.29, 0.717) is 24.9 Å². The molecule has 10 heteroatoms. The number of rotatable bonds is 8. The van der Waals surface area contributed by atoms with Crippen LogP contribution in [0.2, 0.25) is 0 Å². The lowest BCUT2D eigenvalue weighted by atomic mass is 10.1. The Labute approximate surface area is 180 Å². The number of aliphatic imine (C=N–C) groups is 1. The standard InChI is InChI=1S/C21H24N6O3S/c1-2-3-9-16(23-20-15-8-4-5-10-17(15)31(29,30)26-20)21(28)22-13-12-19-25-24-18-11-6-7-14-27(18)19/h4-8,10-11,14,16H,2-3,9,12-13H2,1H3,(H,22,28)(H,23,26)/t16-/m0/s1. The quantitative estimate of drug-likeness (QED) is 0.553. The number of carbonyl (C=O) groups excluding carboxylic acids is 1. The summed E-state index contributed by atoms with van der Waals surface area (Å²) in [6.45, 7) is 2.41. The first-order chi connectivity index (χ1) is 15.0. The minimum absolute atomic E-state index is 0.182. The fourth-order valence-corrected chi connectivity index (χ4v) is 4.75. The Kier molecular flexibility index (Phi) is 5.99. The Balaban J connectivity index is 1.47. The van der Waals surface area contributed by atoms with Gasteiger partial charge in [-0.3, -0.25) is 18.9 Å². The summed E-state index contributed by atoms with van der Waals surface area (Å²) in [6.07, 6.45) is 4.64. The average Bonchev–Trinajstić information content (AvgIpc) is 3.29. The van der Waals surface area contributed by atoms with Crippen molar-refractivity contribution in [1.82, 2.24) is 24.6 Å². The number of fused-ring (bicyclic) bond motifs is 2. The van der Waals surface area contributed by atoms with Crippen LogP contribution in [0.5, 0.6) is 0 Å². The highest BCUT2D eigenvalue weighted by Crippen LogP contribution is 2.23. The summed E-state index contributed by atoms with van der Waals surface area (Å²) in [7, 11) is -3.64. The highest BCUT2D eigenvalue weighted by molar-refractivity contribution is 7.90. The number of sulfonamides is 1. The van der Waals surface area contributed by atoms with Gasteiger partial charge in [-0.25, -0.2) is 8.42 Å². The topological polar surface area (TPSA) is 118 Å². The van der Waals surface area contributed by atoms with Gasteiger partial charge in [0, 0.05) is 24.7 Å². The molecule has 0 saturated carbocycles. The fraction of sp³-hybridized carbons (Fsp3) is 0.333. The third kappa shape index (κ3) is 4.43. The van der Waals surface area contributed by atoms with Crippen LogP contribution in [0.4, 0.5) is 0 Å². The molecule has 2 aromatic heterocycles. The number of nitrogens with one attached hydrogen (secondary N) is 2. The summed E-state index contributed by atoms with van der Waals surface area (Å²) in [6, 6.07) is 11.6. The normalized spacial score (nSPS) is 16.7. The number of nitrogens with zero attached hydrogens (tertiary/aromatic N) is 4. The molecule has 1 aliphatic rings. The summed E-state index contributed by atoms with van der Waals surface area (Å²) in [5.74, 6) is 0.735. The highest BCUT2D eigenvalue weighted by Gasteiger charge is 2.31. The van der Waals surface area contributed by atoms with Gasteiger partial charge < -0.3 is 5.32 Å². The van der Waals surface area contributed by atoms with Crippen molar-refractivity contribution in [1.29, 1.82) is 0 Å². The van der Waals surface area contributed by atoms with Crippen molar-refractivity contribution in [3.8, 4) is 0 Å². The Bertz CT molecular complexity index is 1230. The van der Waals surface area contributed by atoms with Crippen molar-refractivity contribution < 1.29 is 13.2 Å². The fourth-order valence-electron chi connectivity index (χ4n) is 3.51. The van der Waals surface area contributed by atoms with Gasteiger partial charge in [0.15, 0.2) is 5.65 Å². The second-order valence-corrected chi connectivity index (χ2v) is 8.97. The molecular formula is C21H24N6O3S. The number of pyridine rings is 1. The van der Waals surface area contributed by atoms with Gasteiger partial charge >= 0.3 is 0 Å². The van der Waals surface area contributed by atoms with E-state index in [-0.39, 0.29) is 16.6 Å². The van der Waals surface area contributed by atoms with Gasteiger partial charge in [-0.2, -0.15) is 0 Å². The zero-order valence-electron chi connectivity index (χ0n) is 17.2. The number of benzene rings is 1. The van der Waals surface area contributed by atoms with Crippen LogP contribution in [0, 0.1) is 0 Å². The van der Waals surface area contributed by atoms with Crippen LogP contribution >= 0.6 is 0 Å². The number of hydrogen-bond acceptors (Lipinski definition) is 6. The van der Waals surface area contributed by atoms with Gasteiger partial charge in [-0.05, 0) is 30.7 Å². The van der Waals surface area contributed by atoms with Crippen molar-refractivity contribution in [2.45, 2.75) is 43.5 Å². The van der Waals surface area contributed by atoms with Gasteiger partial charge in [-0.1, -0.05) is 38.0 Å². The largest absolute Gasteiger partial charge is 0.354 e. The average molecular weight is 441 g/mol. The summed E-state index contributed by atoms with van der Waals surface area (Å²) in [5.41, 5.74) is 1.25. The van der Waals surface area contributed by atoms with E-state index in [4.69, 9.17) is 0 Å². The lowest BCUT2D eigenvalue weighted by molar-refractivity contribution is -0.122. The van der Waals surface area contributed by atoms with Gasteiger partial charge in [0.1, 0.15) is 17.7 Å². The van der Waals surface area contributed by atoms with Crippen LogP contribution in [-0.2, 0) is 21.2 Å². The van der Waals surface area contributed by atoms with Crippen molar-refractivity contribution in [3.63, 3.8) is 0 Å². The van der Waals surface area contributed by atoms with E-state index in [1.807, 2.05) is 35.7 Å². The zero-order chi connectivity index (χ0) is 21.8. The maximum atomic E-state index is 12.9. The monoisotopic (exact) mass is 440 g/mol. The Hall–Kier alpha value is -3.27. The van der Waals surface area contributed by atoms with Crippen LogP contribution in [0.3, 0.4) is 0 Å². The SMILES string of the molecule is CCCC[C@H](N=C1NS(=O)(=O)c2ccccc21)C(=O)NCCc1nnc2ccccn12. The number of unbranched alkanes of at least 4 members (excludes halogenated alkanes) is 1. The highest BCUT2D eigenvalue weighted by atomic mass is 32.2. The van der Waals surface area contributed by atoms with E-state index in [9.17, 15) is 13.2 Å². The summed E-state index contributed by atoms with van der Waals surface area (Å²) < 4.78 is 29.0. The molecule has 162 valence electrons. The molecule has 0 fully saturated rings. The molecule has 2 N–H and O–H groups in total. The Morgan fingerprint density at radius 2 is 2.00 bits per heavy atom. The van der Waals surface area contributed by atoms with Gasteiger partial charge in [0.2, 0.25) is 5.91 Å². The van der Waals surface area contributed by atoms with E-state index in [1.54, 1.807) is 18.2 Å². The van der Waals surface area contributed by atoms with Crippen LogP contribution in [0.25, 0.3) is 5.65 Å². The first kappa shape index (κ1) is 21.0. The molecule has 4 rings (SSSR count). The van der Waals surface area contributed by atoms with E-state index in [2.05, 4.69) is 25.2 Å². The third-order valence-corrected chi connectivity index (χ3v) is 6.51. The lowest BCUT2D eigenvalue weighted by Gasteiger charge is -2.14. The van der Waals surface area contributed by atoms with Gasteiger partial charge in [0.25, 0.3) is 10.0 Å². The first-order valence-electron chi connectivity index (χ1n) is 10.3. The summed E-state index contributed by atoms with van der Waals surface area (Å²) >= 11 is 0. The first-order valence-corrected chi connectivity index (χ1v) is 11.7. The van der Waals surface area contributed by atoms with E-state index < -0.39 is 16.1 Å². The lowest BCUT2D eigenvalue weighted by Crippen LogP contribution is -2.36. The molecular weight excluding hydrogens is 416 g/mol. The molecule has 31 heavy (non-hydrogen) atoms. The van der Waals surface area contributed by atoms with Crippen molar-refractivity contribution in [2.75, 3.05) is 6.54 Å². The summed E-state index contributed by atoms with van der Waals surface area (Å²) in [4.78, 5) is 17.5. The third-order valence-electron chi connectivity index (χ3n) is 5.11. The molecule has 0 bridgehead atoms. The predicted molar refractivity (Wildman–Crippen MR) is 116 cm³/mol. The molecule has 1 amide bonds. The molecule has 1 aromatic carbocycles. The molecule has 9 nitrogen and oxygen atoms in total. The predicted octanol–water partition coefficient (Wildman–Crippen LogP) is 1.69.